The molecule has 0 radical (unpaired) electrons. The number of thioether (sulfide) groups is 1. The third kappa shape index (κ3) is 11.9. The Morgan fingerprint density at radius 3 is 1.82 bits per heavy atom. The molecule has 0 rings (SSSR count). The van der Waals surface area contributed by atoms with E-state index >= 15 is 0 Å². The molecule has 0 heterocycles. The van der Waals surface area contributed by atoms with Gasteiger partial charge >= 0.3 is 0 Å². The van der Waals surface area contributed by atoms with Gasteiger partial charge in [0.25, 0.3) is 0 Å². The van der Waals surface area contributed by atoms with Crippen molar-refractivity contribution in [2.24, 2.45) is 0 Å². The summed E-state index contributed by atoms with van der Waals surface area (Å²) >= 11 is 1.73. The van der Waals surface area contributed by atoms with Crippen LogP contribution in [0.5, 0.6) is 0 Å². The molecule has 0 saturated carbocycles. The van der Waals surface area contributed by atoms with Crippen molar-refractivity contribution in [3.8, 4) is 0 Å². The molecular formula is C14H26O2S. The van der Waals surface area contributed by atoms with Crippen LogP contribution in [-0.4, -0.2) is 23.6 Å². The summed E-state index contributed by atoms with van der Waals surface area (Å²) in [5, 5.41) is 0. The van der Waals surface area contributed by atoms with Crippen molar-refractivity contribution in [1.82, 2.24) is 0 Å². The topological polar surface area (TPSA) is 34.1 Å². The van der Waals surface area contributed by atoms with Crippen molar-refractivity contribution in [2.75, 3.05) is 12.0 Å². The summed E-state index contributed by atoms with van der Waals surface area (Å²) in [7, 11) is 0. The molecule has 0 unspecified atom stereocenters. The van der Waals surface area contributed by atoms with Gasteiger partial charge in [-0.1, -0.05) is 19.8 Å². The highest BCUT2D eigenvalue weighted by Crippen LogP contribution is 2.09. The fraction of sp³-hybridized carbons (Fsp3) is 0.857. The summed E-state index contributed by atoms with van der Waals surface area (Å²) in [6.07, 6.45) is 10.1. The Hall–Kier alpha value is -0.310. The van der Waals surface area contributed by atoms with E-state index in [9.17, 15) is 9.59 Å². The average molecular weight is 258 g/mol. The van der Waals surface area contributed by atoms with Crippen molar-refractivity contribution >= 4 is 23.3 Å². The maximum absolute atomic E-state index is 11.4. The average Bonchev–Trinajstić information content (AvgIpc) is 2.31. The molecule has 0 aliphatic carbocycles. The molecule has 0 aromatic rings. The van der Waals surface area contributed by atoms with Gasteiger partial charge in [0.05, 0.1) is 0 Å². The smallest absolute Gasteiger partial charge is 0.133 e. The molecule has 100 valence electrons. The number of rotatable bonds is 12. The van der Waals surface area contributed by atoms with Gasteiger partial charge in [-0.25, -0.2) is 0 Å². The van der Waals surface area contributed by atoms with E-state index in [0.29, 0.717) is 11.6 Å². The molecule has 0 spiro atoms. The van der Waals surface area contributed by atoms with E-state index in [2.05, 4.69) is 0 Å². The van der Waals surface area contributed by atoms with Gasteiger partial charge in [-0.3, -0.25) is 9.59 Å². The van der Waals surface area contributed by atoms with Gasteiger partial charge in [-0.2, -0.15) is 11.8 Å². The lowest BCUT2D eigenvalue weighted by Gasteiger charge is -2.01. The van der Waals surface area contributed by atoms with Gasteiger partial charge in [0.15, 0.2) is 0 Å². The SMILES string of the molecule is CCCC(=O)CCCCCCC(=O)CCSC. The van der Waals surface area contributed by atoms with Crippen LogP contribution in [0.3, 0.4) is 0 Å². The zero-order valence-corrected chi connectivity index (χ0v) is 12.1. The minimum atomic E-state index is 0.390. The molecule has 0 aromatic carbocycles. The predicted octanol–water partition coefficient (Wildman–Crippen LogP) is 4.02. The second-order valence-corrected chi connectivity index (χ2v) is 5.47. The van der Waals surface area contributed by atoms with Crippen molar-refractivity contribution in [3.05, 3.63) is 0 Å². The van der Waals surface area contributed by atoms with Crippen LogP contribution in [0, 0.1) is 0 Å². The van der Waals surface area contributed by atoms with Crippen LogP contribution in [0.25, 0.3) is 0 Å². The maximum Gasteiger partial charge on any atom is 0.133 e. The summed E-state index contributed by atoms with van der Waals surface area (Å²) in [4.78, 5) is 22.6. The zero-order valence-electron chi connectivity index (χ0n) is 11.3. The lowest BCUT2D eigenvalue weighted by atomic mass is 10.0. The van der Waals surface area contributed by atoms with Crippen LogP contribution in [0.15, 0.2) is 0 Å². The van der Waals surface area contributed by atoms with E-state index < -0.39 is 0 Å². The van der Waals surface area contributed by atoms with E-state index in [1.807, 2.05) is 13.2 Å². The second-order valence-electron chi connectivity index (χ2n) is 4.48. The molecule has 0 N–H and O–H groups in total. The molecule has 0 saturated heterocycles. The summed E-state index contributed by atoms with van der Waals surface area (Å²) in [6, 6.07) is 0. The van der Waals surface area contributed by atoms with Crippen LogP contribution in [0.1, 0.15) is 64.7 Å². The lowest BCUT2D eigenvalue weighted by molar-refractivity contribution is -0.120. The fourth-order valence-corrected chi connectivity index (χ4v) is 2.17. The first-order valence-corrected chi connectivity index (χ1v) is 8.12. The molecule has 0 aliphatic rings. The summed E-state index contributed by atoms with van der Waals surface area (Å²) in [5.74, 6) is 1.73. The number of carbonyl (C=O) groups is 2. The normalized spacial score (nSPS) is 10.5. The van der Waals surface area contributed by atoms with Crippen molar-refractivity contribution in [1.29, 1.82) is 0 Å². The predicted molar refractivity (Wildman–Crippen MR) is 75.6 cm³/mol. The Morgan fingerprint density at radius 1 is 0.824 bits per heavy atom. The molecule has 2 nitrogen and oxygen atoms in total. The van der Waals surface area contributed by atoms with E-state index in [0.717, 1.165) is 63.5 Å². The number of Topliss-reactive ketones (excluding diaryl/α,β-unsaturated/α-hetero) is 2. The van der Waals surface area contributed by atoms with Gasteiger partial charge in [0, 0.05) is 25.7 Å². The molecular weight excluding hydrogens is 232 g/mol. The van der Waals surface area contributed by atoms with Crippen molar-refractivity contribution in [3.63, 3.8) is 0 Å². The second kappa shape index (κ2) is 12.2. The molecule has 0 aliphatic heterocycles. The molecule has 0 amide bonds. The van der Waals surface area contributed by atoms with Gasteiger partial charge in [-0.05, 0) is 31.3 Å². The third-order valence-electron chi connectivity index (χ3n) is 2.78. The molecule has 0 atom stereocenters. The third-order valence-corrected chi connectivity index (χ3v) is 3.39. The monoisotopic (exact) mass is 258 g/mol. The Morgan fingerprint density at radius 2 is 1.35 bits per heavy atom. The first-order valence-electron chi connectivity index (χ1n) is 6.73. The van der Waals surface area contributed by atoms with E-state index in [1.165, 1.54) is 0 Å². The zero-order chi connectivity index (χ0) is 12.9. The number of carbonyl (C=O) groups excluding carboxylic acids is 2. The molecule has 0 bridgehead atoms. The lowest BCUT2D eigenvalue weighted by Crippen LogP contribution is -1.99. The highest BCUT2D eigenvalue weighted by molar-refractivity contribution is 7.98. The largest absolute Gasteiger partial charge is 0.300 e. The molecule has 0 aromatic heterocycles. The Labute approximate surface area is 110 Å². The number of hydrogen-bond acceptors (Lipinski definition) is 3. The number of unbranched alkanes of at least 4 members (excludes halogenated alkanes) is 3. The summed E-state index contributed by atoms with van der Waals surface area (Å²) in [6.45, 7) is 2.04. The highest BCUT2D eigenvalue weighted by Gasteiger charge is 2.02. The van der Waals surface area contributed by atoms with Gasteiger partial charge in [0.2, 0.25) is 0 Å². The molecule has 0 fully saturated rings. The Balaban J connectivity index is 3.23. The van der Waals surface area contributed by atoms with Crippen molar-refractivity contribution < 1.29 is 9.59 Å². The van der Waals surface area contributed by atoms with Gasteiger partial charge in [0.1, 0.15) is 11.6 Å². The number of ketones is 2. The standard InChI is InChI=1S/C14H26O2S/c1-3-8-13(15)9-6-4-5-7-10-14(16)11-12-17-2/h3-12H2,1-2H3. The summed E-state index contributed by atoms with van der Waals surface area (Å²) < 4.78 is 0. The van der Waals surface area contributed by atoms with E-state index in [1.54, 1.807) is 11.8 Å². The van der Waals surface area contributed by atoms with Crippen LogP contribution < -0.4 is 0 Å². The minimum absolute atomic E-state index is 0.390. The van der Waals surface area contributed by atoms with Crippen LogP contribution in [0.4, 0.5) is 0 Å². The van der Waals surface area contributed by atoms with E-state index in [-0.39, 0.29) is 0 Å². The molecule has 3 heteroatoms. The minimum Gasteiger partial charge on any atom is -0.300 e. The summed E-state index contributed by atoms with van der Waals surface area (Å²) in [5.41, 5.74) is 0. The molecule has 17 heavy (non-hydrogen) atoms. The van der Waals surface area contributed by atoms with Gasteiger partial charge < -0.3 is 0 Å². The number of hydrogen-bond donors (Lipinski definition) is 0. The van der Waals surface area contributed by atoms with Crippen LogP contribution >= 0.6 is 11.8 Å². The van der Waals surface area contributed by atoms with Crippen LogP contribution in [0.2, 0.25) is 0 Å². The Bertz CT molecular complexity index is 214. The quantitative estimate of drug-likeness (QED) is 0.496. The van der Waals surface area contributed by atoms with Gasteiger partial charge in [-0.15, -0.1) is 0 Å². The first-order chi connectivity index (χ1) is 8.20. The fourth-order valence-electron chi connectivity index (χ4n) is 1.74. The van der Waals surface area contributed by atoms with Crippen molar-refractivity contribution in [2.45, 2.75) is 64.7 Å². The first kappa shape index (κ1) is 16.7. The maximum atomic E-state index is 11.4. The Kier molecular flexibility index (Phi) is 11.9. The van der Waals surface area contributed by atoms with Crippen LogP contribution in [-0.2, 0) is 9.59 Å². The van der Waals surface area contributed by atoms with E-state index in [4.69, 9.17) is 0 Å². The highest BCUT2D eigenvalue weighted by atomic mass is 32.2.